The van der Waals surface area contributed by atoms with Gasteiger partial charge in [-0.2, -0.15) is 0 Å². The molecule has 4 heteroatoms. The molecule has 104 valence electrons. The van der Waals surface area contributed by atoms with E-state index in [1.807, 2.05) is 27.7 Å². The summed E-state index contributed by atoms with van der Waals surface area (Å²) in [5.41, 5.74) is -1.60. The van der Waals surface area contributed by atoms with E-state index in [0.717, 1.165) is 6.42 Å². The average Bonchev–Trinajstić information content (AvgIpc) is 2.43. The van der Waals surface area contributed by atoms with Gasteiger partial charge in [-0.25, -0.2) is 0 Å². The number of hydrogen-bond donors (Lipinski definition) is 1. The fourth-order valence-corrected chi connectivity index (χ4v) is 2.48. The van der Waals surface area contributed by atoms with Gasteiger partial charge in [0.1, 0.15) is 0 Å². The summed E-state index contributed by atoms with van der Waals surface area (Å²) in [4.78, 5) is 25.6. The van der Waals surface area contributed by atoms with Crippen molar-refractivity contribution in [1.29, 1.82) is 0 Å². The number of hydrogen-bond acceptors (Lipinski definition) is 3. The molecule has 0 aromatic heterocycles. The molecule has 2 atom stereocenters. The zero-order valence-corrected chi connectivity index (χ0v) is 12.1. The van der Waals surface area contributed by atoms with E-state index in [2.05, 4.69) is 0 Å². The highest BCUT2D eigenvalue weighted by molar-refractivity contribution is 6.05. The highest BCUT2D eigenvalue weighted by Gasteiger charge is 2.51. The highest BCUT2D eigenvalue weighted by Crippen LogP contribution is 2.39. The molecular formula is C14H25NO3. The molecule has 0 aromatic rings. The summed E-state index contributed by atoms with van der Waals surface area (Å²) in [6.45, 7) is 9.52. The van der Waals surface area contributed by atoms with Crippen LogP contribution in [0.25, 0.3) is 0 Å². The molecule has 1 saturated heterocycles. The lowest BCUT2D eigenvalue weighted by atomic mass is 9.78. The number of imide groups is 1. The fraction of sp³-hybridized carbons (Fsp3) is 0.857. The van der Waals surface area contributed by atoms with Crippen molar-refractivity contribution in [2.75, 3.05) is 6.54 Å². The van der Waals surface area contributed by atoms with E-state index in [0.29, 0.717) is 6.42 Å². The van der Waals surface area contributed by atoms with Gasteiger partial charge in [-0.15, -0.1) is 0 Å². The molecule has 0 spiro atoms. The van der Waals surface area contributed by atoms with Gasteiger partial charge in [0.25, 0.3) is 0 Å². The number of amides is 2. The second kappa shape index (κ2) is 5.00. The Hall–Kier alpha value is -0.900. The first-order valence-corrected chi connectivity index (χ1v) is 6.71. The molecule has 0 radical (unpaired) electrons. The highest BCUT2D eigenvalue weighted by atomic mass is 16.3. The van der Waals surface area contributed by atoms with Crippen LogP contribution >= 0.6 is 0 Å². The van der Waals surface area contributed by atoms with Crippen molar-refractivity contribution in [2.45, 2.75) is 59.5 Å². The van der Waals surface area contributed by atoms with Crippen LogP contribution < -0.4 is 0 Å². The van der Waals surface area contributed by atoms with E-state index in [-0.39, 0.29) is 30.7 Å². The van der Waals surface area contributed by atoms with Gasteiger partial charge in [0.15, 0.2) is 0 Å². The monoisotopic (exact) mass is 255 g/mol. The van der Waals surface area contributed by atoms with Gasteiger partial charge < -0.3 is 5.11 Å². The van der Waals surface area contributed by atoms with Gasteiger partial charge in [0.2, 0.25) is 11.8 Å². The van der Waals surface area contributed by atoms with Gasteiger partial charge in [-0.05, 0) is 26.2 Å². The van der Waals surface area contributed by atoms with Crippen LogP contribution in [-0.4, -0.2) is 34.0 Å². The predicted molar refractivity (Wildman–Crippen MR) is 69.8 cm³/mol. The number of β-amino-alcohol motifs (C(OH)–C–C–N with tert-alkyl or cyclic N) is 1. The Labute approximate surface area is 109 Å². The lowest BCUT2D eigenvalue weighted by Gasteiger charge is -2.30. The van der Waals surface area contributed by atoms with E-state index in [1.54, 1.807) is 6.92 Å². The van der Waals surface area contributed by atoms with Crippen LogP contribution in [0.5, 0.6) is 0 Å². The van der Waals surface area contributed by atoms with Crippen molar-refractivity contribution < 1.29 is 14.7 Å². The topological polar surface area (TPSA) is 57.6 Å². The maximum atomic E-state index is 12.4. The molecule has 0 bridgehead atoms. The number of likely N-dealkylation sites (tertiary alicyclic amines) is 1. The second-order valence-corrected chi connectivity index (χ2v) is 6.28. The van der Waals surface area contributed by atoms with Gasteiger partial charge in [-0.1, -0.05) is 27.2 Å². The quantitative estimate of drug-likeness (QED) is 0.764. The molecule has 2 amide bonds. The van der Waals surface area contributed by atoms with Gasteiger partial charge in [0, 0.05) is 6.42 Å². The zero-order valence-electron chi connectivity index (χ0n) is 12.1. The van der Waals surface area contributed by atoms with Crippen LogP contribution in [0.1, 0.15) is 53.9 Å². The standard InChI is InChI=1S/C14H25NO3/c1-6-7-13(4,18)9-15-11(16)8-14(5,10(2)3)12(15)17/h10,18H,6-9H2,1-5H3. The molecule has 18 heavy (non-hydrogen) atoms. The summed E-state index contributed by atoms with van der Waals surface area (Å²) in [7, 11) is 0. The van der Waals surface area contributed by atoms with E-state index >= 15 is 0 Å². The maximum Gasteiger partial charge on any atom is 0.235 e. The number of aliphatic hydroxyl groups is 1. The first-order chi connectivity index (χ1) is 8.14. The van der Waals surface area contributed by atoms with Gasteiger partial charge in [-0.3, -0.25) is 14.5 Å². The Morgan fingerprint density at radius 3 is 2.39 bits per heavy atom. The van der Waals surface area contributed by atoms with Crippen molar-refractivity contribution in [3.63, 3.8) is 0 Å². The molecule has 0 aromatic carbocycles. The second-order valence-electron chi connectivity index (χ2n) is 6.28. The van der Waals surface area contributed by atoms with E-state index in [9.17, 15) is 14.7 Å². The van der Waals surface area contributed by atoms with Crippen LogP contribution in [0.15, 0.2) is 0 Å². The lowest BCUT2D eigenvalue weighted by Crippen LogP contribution is -2.45. The fourth-order valence-electron chi connectivity index (χ4n) is 2.48. The number of rotatable bonds is 5. The van der Waals surface area contributed by atoms with Crippen molar-refractivity contribution >= 4 is 11.8 Å². The van der Waals surface area contributed by atoms with Crippen molar-refractivity contribution in [3.8, 4) is 0 Å². The molecule has 1 fully saturated rings. The van der Waals surface area contributed by atoms with Crippen LogP contribution in [0.2, 0.25) is 0 Å². The molecule has 2 unspecified atom stereocenters. The van der Waals surface area contributed by atoms with Crippen molar-refractivity contribution in [3.05, 3.63) is 0 Å². The van der Waals surface area contributed by atoms with Crippen LogP contribution in [0.3, 0.4) is 0 Å². The Morgan fingerprint density at radius 2 is 2.00 bits per heavy atom. The molecule has 1 N–H and O–H groups in total. The largest absolute Gasteiger partial charge is 0.388 e. The maximum absolute atomic E-state index is 12.4. The third-order valence-electron chi connectivity index (χ3n) is 4.11. The third kappa shape index (κ3) is 2.74. The molecule has 0 saturated carbocycles. The molecule has 1 heterocycles. The van der Waals surface area contributed by atoms with E-state index < -0.39 is 11.0 Å². The summed E-state index contributed by atoms with van der Waals surface area (Å²) in [6.07, 6.45) is 1.67. The van der Waals surface area contributed by atoms with Gasteiger partial charge in [0.05, 0.1) is 17.6 Å². The summed E-state index contributed by atoms with van der Waals surface area (Å²) >= 11 is 0. The van der Waals surface area contributed by atoms with Crippen molar-refractivity contribution in [1.82, 2.24) is 4.90 Å². The minimum absolute atomic E-state index is 0.112. The van der Waals surface area contributed by atoms with E-state index in [1.165, 1.54) is 4.90 Å². The number of nitrogens with zero attached hydrogens (tertiary/aromatic N) is 1. The summed E-state index contributed by atoms with van der Waals surface area (Å²) in [5, 5.41) is 10.2. The van der Waals surface area contributed by atoms with Gasteiger partial charge >= 0.3 is 0 Å². The minimum atomic E-state index is -0.984. The SMILES string of the molecule is CCCC(C)(O)CN1C(=O)CC(C)(C(C)C)C1=O. The smallest absolute Gasteiger partial charge is 0.235 e. The van der Waals surface area contributed by atoms with E-state index in [4.69, 9.17) is 0 Å². The molecule has 0 aliphatic carbocycles. The Bertz CT molecular complexity index is 349. The minimum Gasteiger partial charge on any atom is -0.388 e. The van der Waals surface area contributed by atoms with Crippen LogP contribution in [0.4, 0.5) is 0 Å². The molecule has 1 aliphatic rings. The first kappa shape index (κ1) is 15.2. The molecule has 1 aliphatic heterocycles. The Morgan fingerprint density at radius 1 is 1.44 bits per heavy atom. The summed E-state index contributed by atoms with van der Waals surface area (Å²) in [6, 6.07) is 0. The summed E-state index contributed by atoms with van der Waals surface area (Å²) in [5.74, 6) is -0.179. The Balaban J connectivity index is 2.86. The third-order valence-corrected chi connectivity index (χ3v) is 4.11. The first-order valence-electron chi connectivity index (χ1n) is 6.71. The Kier molecular flexibility index (Phi) is 4.21. The number of carbonyl (C=O) groups is 2. The predicted octanol–water partition coefficient (Wildman–Crippen LogP) is 1.96. The molecule has 1 rings (SSSR count). The lowest BCUT2D eigenvalue weighted by molar-refractivity contribution is -0.145. The normalized spacial score (nSPS) is 28.1. The molecule has 4 nitrogen and oxygen atoms in total. The number of carbonyl (C=O) groups excluding carboxylic acids is 2. The van der Waals surface area contributed by atoms with Crippen LogP contribution in [-0.2, 0) is 9.59 Å². The van der Waals surface area contributed by atoms with Crippen molar-refractivity contribution in [2.24, 2.45) is 11.3 Å². The molecular weight excluding hydrogens is 230 g/mol. The summed E-state index contributed by atoms with van der Waals surface area (Å²) < 4.78 is 0. The zero-order chi connectivity index (χ0) is 14.1. The average molecular weight is 255 g/mol. The van der Waals surface area contributed by atoms with Crippen LogP contribution in [0, 0.1) is 11.3 Å².